The molecule has 0 aromatic carbocycles. The number of rotatable bonds is 3. The normalized spacial score (nSPS) is 55.5. The van der Waals surface area contributed by atoms with Gasteiger partial charge >= 0.3 is 0 Å². The Morgan fingerprint density at radius 1 is 1.05 bits per heavy atom. The molecule has 13 unspecified atom stereocenters. The van der Waals surface area contributed by atoms with E-state index in [0.29, 0.717) is 44.1 Å². The number of ether oxygens (including phenoxy) is 1. The van der Waals surface area contributed by atoms with Crippen molar-refractivity contribution in [3.05, 3.63) is 11.6 Å². The molecule has 37 heavy (non-hydrogen) atoms. The fraction of sp³-hybridized carbons (Fsp3) is 0.897. The van der Waals surface area contributed by atoms with Gasteiger partial charge in [-0.1, -0.05) is 27.7 Å². The van der Waals surface area contributed by atoms with E-state index < -0.39 is 70.0 Å². The monoisotopic (exact) mass is 522 g/mol. The van der Waals surface area contributed by atoms with Gasteiger partial charge in [0.15, 0.2) is 12.1 Å². The number of ketones is 1. The van der Waals surface area contributed by atoms with Gasteiger partial charge in [-0.15, -0.1) is 0 Å². The number of carbonyl (C=O) groups is 1. The zero-order valence-corrected chi connectivity index (χ0v) is 22.9. The molecule has 8 heteroatoms. The average molecular weight is 523 g/mol. The highest BCUT2D eigenvalue weighted by Crippen LogP contribution is 2.69. The molecule has 0 amide bonds. The van der Waals surface area contributed by atoms with E-state index in [4.69, 9.17) is 4.74 Å². The van der Waals surface area contributed by atoms with E-state index in [2.05, 4.69) is 0 Å². The highest BCUT2D eigenvalue weighted by atomic mass is 16.6. The summed E-state index contributed by atoms with van der Waals surface area (Å²) in [5.74, 6) is -1.48. The zero-order chi connectivity index (χ0) is 27.3. The van der Waals surface area contributed by atoms with E-state index in [1.54, 1.807) is 19.9 Å². The summed E-state index contributed by atoms with van der Waals surface area (Å²) in [6.07, 6.45) is 1.11. The van der Waals surface area contributed by atoms with Crippen molar-refractivity contribution in [1.82, 2.24) is 0 Å². The van der Waals surface area contributed by atoms with Gasteiger partial charge in [0, 0.05) is 23.7 Å². The number of fused-ring (bicyclic) bond motifs is 5. The van der Waals surface area contributed by atoms with Crippen molar-refractivity contribution in [3.63, 3.8) is 0 Å². The molecule has 5 rings (SSSR count). The second kappa shape index (κ2) is 8.56. The number of aliphatic hydroxyl groups excluding tert-OH is 3. The summed E-state index contributed by atoms with van der Waals surface area (Å²) in [6, 6.07) is 0. The zero-order valence-electron chi connectivity index (χ0n) is 22.9. The van der Waals surface area contributed by atoms with Gasteiger partial charge in [0.1, 0.15) is 0 Å². The van der Waals surface area contributed by atoms with E-state index in [0.717, 1.165) is 0 Å². The van der Waals surface area contributed by atoms with Crippen LogP contribution in [0, 0.1) is 34.5 Å². The SMILES string of the molecule is CCC1(O)CC(C(C)(O)C2CCC3(O)C4=CC(=O)C5CC(O)C(O)CC5(C)C4CCC23C)OC(O)C1C. The summed E-state index contributed by atoms with van der Waals surface area (Å²) >= 11 is 0. The third kappa shape index (κ3) is 3.63. The highest BCUT2D eigenvalue weighted by Gasteiger charge is 2.70. The van der Waals surface area contributed by atoms with Gasteiger partial charge in [-0.2, -0.15) is 0 Å². The lowest BCUT2D eigenvalue weighted by Gasteiger charge is -2.61. The van der Waals surface area contributed by atoms with E-state index >= 15 is 0 Å². The van der Waals surface area contributed by atoms with Crippen molar-refractivity contribution in [2.75, 3.05) is 0 Å². The molecule has 0 bridgehead atoms. The van der Waals surface area contributed by atoms with Gasteiger partial charge in [0.05, 0.1) is 35.1 Å². The minimum Gasteiger partial charge on any atom is -0.390 e. The van der Waals surface area contributed by atoms with Gasteiger partial charge in [-0.25, -0.2) is 0 Å². The lowest BCUT2D eigenvalue weighted by Crippen LogP contribution is -2.65. The Bertz CT molecular complexity index is 979. The van der Waals surface area contributed by atoms with Crippen LogP contribution in [0.1, 0.15) is 86.0 Å². The topological polar surface area (TPSA) is 148 Å². The number of hydrogen-bond acceptors (Lipinski definition) is 8. The number of aliphatic hydroxyl groups is 6. The summed E-state index contributed by atoms with van der Waals surface area (Å²) in [6.45, 7) is 9.31. The van der Waals surface area contributed by atoms with E-state index in [-0.39, 0.29) is 24.5 Å². The van der Waals surface area contributed by atoms with Crippen molar-refractivity contribution in [2.45, 2.75) is 127 Å². The minimum absolute atomic E-state index is 0.0992. The van der Waals surface area contributed by atoms with Crippen LogP contribution in [0.4, 0.5) is 0 Å². The molecule has 1 saturated heterocycles. The first-order valence-corrected chi connectivity index (χ1v) is 14.2. The summed E-state index contributed by atoms with van der Waals surface area (Å²) in [5.41, 5.74) is -4.52. The molecule has 0 aromatic heterocycles. The molecule has 13 atom stereocenters. The third-order valence-corrected chi connectivity index (χ3v) is 12.2. The second-order valence-corrected chi connectivity index (χ2v) is 13.8. The average Bonchev–Trinajstić information content (AvgIpc) is 3.11. The molecule has 6 N–H and O–H groups in total. The van der Waals surface area contributed by atoms with Crippen molar-refractivity contribution in [1.29, 1.82) is 0 Å². The fourth-order valence-electron chi connectivity index (χ4n) is 9.45. The Labute approximate surface area is 219 Å². The van der Waals surface area contributed by atoms with Gasteiger partial charge in [-0.05, 0) is 80.8 Å². The van der Waals surface area contributed by atoms with E-state index in [9.17, 15) is 35.4 Å². The van der Waals surface area contributed by atoms with E-state index in [1.165, 1.54) is 0 Å². The van der Waals surface area contributed by atoms with Crippen LogP contribution in [-0.4, -0.2) is 77.8 Å². The first-order valence-electron chi connectivity index (χ1n) is 14.2. The number of allylic oxidation sites excluding steroid dienone is 1. The van der Waals surface area contributed by atoms with Crippen LogP contribution in [0.25, 0.3) is 0 Å². The first-order chi connectivity index (χ1) is 17.0. The van der Waals surface area contributed by atoms with Crippen molar-refractivity contribution in [2.24, 2.45) is 34.5 Å². The van der Waals surface area contributed by atoms with Crippen molar-refractivity contribution in [3.8, 4) is 0 Å². The van der Waals surface area contributed by atoms with Gasteiger partial charge < -0.3 is 35.4 Å². The molecule has 1 heterocycles. The molecule has 4 fully saturated rings. The maximum absolute atomic E-state index is 13.4. The Morgan fingerprint density at radius 3 is 2.38 bits per heavy atom. The molecular weight excluding hydrogens is 476 g/mol. The van der Waals surface area contributed by atoms with Crippen LogP contribution in [0.2, 0.25) is 0 Å². The quantitative estimate of drug-likeness (QED) is 0.329. The maximum atomic E-state index is 13.4. The van der Waals surface area contributed by atoms with Gasteiger partial charge in [0.2, 0.25) is 0 Å². The number of hydrogen-bond donors (Lipinski definition) is 6. The minimum atomic E-state index is -1.44. The Kier molecular flexibility index (Phi) is 6.41. The van der Waals surface area contributed by atoms with Crippen molar-refractivity contribution >= 4 is 5.78 Å². The Balaban J connectivity index is 1.49. The van der Waals surface area contributed by atoms with Gasteiger partial charge in [-0.3, -0.25) is 4.79 Å². The molecule has 0 aromatic rings. The van der Waals surface area contributed by atoms with Gasteiger partial charge in [0.25, 0.3) is 0 Å². The molecule has 4 aliphatic carbocycles. The smallest absolute Gasteiger partial charge is 0.160 e. The maximum Gasteiger partial charge on any atom is 0.160 e. The molecule has 1 aliphatic heterocycles. The van der Waals surface area contributed by atoms with Crippen LogP contribution in [-0.2, 0) is 9.53 Å². The standard InChI is InChI=1S/C29H46O8/c1-6-28(35)14-23(37-24(33)15(28)2)27(5,34)22-8-10-29(36)17-11-19(30)18-12-20(31)21(32)13-25(18,3)16(17)7-9-26(22,29)4/h11,15-16,18,20-24,31-36H,6-10,12-14H2,1-5H3. The van der Waals surface area contributed by atoms with Crippen LogP contribution in [0.3, 0.4) is 0 Å². The summed E-state index contributed by atoms with van der Waals surface area (Å²) in [7, 11) is 0. The lowest BCUT2D eigenvalue weighted by molar-refractivity contribution is -0.297. The molecule has 0 spiro atoms. The molecule has 5 aliphatic rings. The largest absolute Gasteiger partial charge is 0.390 e. The summed E-state index contributed by atoms with van der Waals surface area (Å²) in [4.78, 5) is 13.4. The highest BCUT2D eigenvalue weighted by molar-refractivity contribution is 5.95. The van der Waals surface area contributed by atoms with Crippen LogP contribution < -0.4 is 0 Å². The molecule has 0 radical (unpaired) electrons. The van der Waals surface area contributed by atoms with E-state index in [1.807, 2.05) is 20.8 Å². The molecular formula is C29H46O8. The van der Waals surface area contributed by atoms with Crippen LogP contribution in [0.5, 0.6) is 0 Å². The van der Waals surface area contributed by atoms with Crippen molar-refractivity contribution < 1.29 is 40.2 Å². The Hall–Kier alpha value is -0.870. The fourth-order valence-corrected chi connectivity index (χ4v) is 9.45. The Morgan fingerprint density at radius 2 is 1.73 bits per heavy atom. The predicted octanol–water partition coefficient (Wildman–Crippen LogP) is 1.83. The first kappa shape index (κ1) is 27.7. The predicted molar refractivity (Wildman–Crippen MR) is 135 cm³/mol. The summed E-state index contributed by atoms with van der Waals surface area (Å²) < 4.78 is 5.91. The molecule has 3 saturated carbocycles. The third-order valence-electron chi connectivity index (χ3n) is 12.2. The molecule has 8 nitrogen and oxygen atoms in total. The van der Waals surface area contributed by atoms with Crippen LogP contribution >= 0.6 is 0 Å². The van der Waals surface area contributed by atoms with Crippen LogP contribution in [0.15, 0.2) is 11.6 Å². The number of carbonyl (C=O) groups excluding carboxylic acids is 1. The molecule has 210 valence electrons. The second-order valence-electron chi connectivity index (χ2n) is 13.8. The summed E-state index contributed by atoms with van der Waals surface area (Å²) in [5, 5.41) is 67.1. The lowest BCUT2D eigenvalue weighted by atomic mass is 9.45.